The first kappa shape index (κ1) is 21.1. The van der Waals surface area contributed by atoms with Crippen molar-refractivity contribution in [3.05, 3.63) is 47.4 Å². The van der Waals surface area contributed by atoms with Gasteiger partial charge < -0.3 is 4.83 Å². The Labute approximate surface area is 146 Å². The number of sulfonamides is 1. The number of hydrogen-bond donors (Lipinski definition) is 0. The lowest BCUT2D eigenvalue weighted by Gasteiger charge is -2.31. The maximum absolute atomic E-state index is 13.7. The van der Waals surface area contributed by atoms with E-state index in [1.54, 1.807) is 0 Å². The number of alkyl halides is 8. The molecule has 1 aromatic carbocycles. The molecule has 150 valence electrons. The zero-order chi connectivity index (χ0) is 20.7. The van der Waals surface area contributed by atoms with E-state index in [0.717, 1.165) is 12.3 Å². The van der Waals surface area contributed by atoms with Gasteiger partial charge in [-0.1, -0.05) is 12.1 Å². The van der Waals surface area contributed by atoms with E-state index in [1.807, 2.05) is 0 Å². The van der Waals surface area contributed by atoms with Crippen molar-refractivity contribution in [1.29, 1.82) is 0 Å². The number of ether oxygens (including phenoxy) is 1. The molecule has 0 N–H and O–H groups in total. The summed E-state index contributed by atoms with van der Waals surface area (Å²) in [6.45, 7) is 0. The smallest absolute Gasteiger partial charge is 0.316 e. The first-order valence-corrected chi connectivity index (χ1v) is 8.14. The van der Waals surface area contributed by atoms with Gasteiger partial charge in [-0.3, -0.25) is 0 Å². The van der Waals surface area contributed by atoms with E-state index < -0.39 is 33.9 Å². The Balaban J connectivity index is 2.41. The lowest BCUT2D eigenvalue weighted by Crippen LogP contribution is -2.54. The highest BCUT2D eigenvalue weighted by atomic mass is 32.2. The highest BCUT2D eigenvalue weighted by molar-refractivity contribution is 7.94. The molecule has 0 unspecified atom stereocenters. The van der Waals surface area contributed by atoms with Gasteiger partial charge in [-0.15, -0.1) is 0 Å². The third kappa shape index (κ3) is 3.90. The van der Waals surface area contributed by atoms with Crippen LogP contribution in [0.1, 0.15) is 0 Å². The second-order valence-electron chi connectivity index (χ2n) is 4.97. The number of halogens is 8. The lowest BCUT2D eigenvalue weighted by molar-refractivity contribution is -0.586. The van der Waals surface area contributed by atoms with Crippen LogP contribution in [0.2, 0.25) is 0 Å². The third-order valence-corrected chi connectivity index (χ3v) is 4.34. The Morgan fingerprint density at radius 2 is 1.52 bits per heavy atom. The van der Waals surface area contributed by atoms with Crippen molar-refractivity contribution < 1.29 is 53.0 Å². The molecule has 5 nitrogen and oxygen atoms in total. The lowest BCUT2D eigenvalue weighted by atomic mass is 10.2. The third-order valence-electron chi connectivity index (χ3n) is 3.06. The molecule has 0 saturated carbocycles. The average Bonchev–Trinajstić information content (AvgIpc) is 2.53. The summed E-state index contributed by atoms with van der Waals surface area (Å²) >= 11 is 0. The van der Waals surface area contributed by atoms with Gasteiger partial charge in [0.1, 0.15) is 0 Å². The molecule has 0 amide bonds. The molecule has 0 aliphatic heterocycles. The molecule has 1 heterocycles. The van der Waals surface area contributed by atoms with Gasteiger partial charge in [-0.05, 0) is 12.1 Å². The van der Waals surface area contributed by atoms with Gasteiger partial charge in [0.25, 0.3) is 0 Å². The normalized spacial score (nSPS) is 14.0. The van der Waals surface area contributed by atoms with Gasteiger partial charge in [0.15, 0.2) is 6.20 Å². The predicted octanol–water partition coefficient (Wildman–Crippen LogP) is 3.65. The van der Waals surface area contributed by atoms with Crippen molar-refractivity contribution in [2.45, 2.75) is 23.9 Å². The van der Waals surface area contributed by atoms with Crippen molar-refractivity contribution in [1.82, 2.24) is 0 Å². The van der Waals surface area contributed by atoms with Crippen LogP contribution in [0.3, 0.4) is 0 Å². The van der Waals surface area contributed by atoms with Crippen LogP contribution >= 0.6 is 0 Å². The summed E-state index contributed by atoms with van der Waals surface area (Å²) in [5, 5.41) is -6.11. The molecule has 0 aliphatic carbocycles. The van der Waals surface area contributed by atoms with Gasteiger partial charge in [-0.2, -0.15) is 26.3 Å². The summed E-state index contributed by atoms with van der Waals surface area (Å²) < 4.78 is 129. The summed E-state index contributed by atoms with van der Waals surface area (Å²) in [6.07, 6.45) is -16.6. The summed E-state index contributed by atoms with van der Waals surface area (Å²) in [5.41, 5.74) is -0.110. The van der Waals surface area contributed by atoms with Crippen molar-refractivity contribution in [3.63, 3.8) is 0 Å². The number of rotatable bonds is 7. The number of fused-ring (bicyclic) bond motifs is 1. The predicted molar refractivity (Wildman–Crippen MR) is 73.7 cm³/mol. The molecule has 0 atom stereocenters. The largest absolute Gasteiger partial charge is 0.438 e. The van der Waals surface area contributed by atoms with E-state index in [1.165, 1.54) is 30.3 Å². The molecule has 27 heavy (non-hydrogen) atoms. The quantitative estimate of drug-likeness (QED) is 0.504. The van der Waals surface area contributed by atoms with E-state index >= 15 is 0 Å². The van der Waals surface area contributed by atoms with Crippen molar-refractivity contribution in [2.75, 3.05) is 0 Å². The fraction of sp³-hybridized carbons (Fsp3) is 0.308. The fourth-order valence-electron chi connectivity index (χ4n) is 1.81. The summed E-state index contributed by atoms with van der Waals surface area (Å²) in [7, 11) is -6.56. The van der Waals surface area contributed by atoms with Crippen LogP contribution in [0.15, 0.2) is 42.6 Å². The highest BCUT2D eigenvalue weighted by Gasteiger charge is 2.69. The van der Waals surface area contributed by atoms with Crippen LogP contribution in [0, 0.1) is 0 Å². The summed E-state index contributed by atoms with van der Waals surface area (Å²) in [4.78, 5) is 2.48. The topological polar surface area (TPSA) is 61.4 Å². The Morgan fingerprint density at radius 3 is 2.11 bits per heavy atom. The number of hydrogen-bond acceptors (Lipinski definition) is 3. The first-order chi connectivity index (χ1) is 12.2. The molecular formula is C13H8F8N2O3S. The molecule has 0 saturated heterocycles. The molecule has 2 aromatic rings. The Kier molecular flexibility index (Phi) is 5.27. The van der Waals surface area contributed by atoms with E-state index in [0.29, 0.717) is 0 Å². The minimum Gasteiger partial charge on any atom is -0.316 e. The Morgan fingerprint density at radius 1 is 0.963 bits per heavy atom. The second-order valence-corrected chi connectivity index (χ2v) is 6.59. The monoisotopic (exact) mass is 424 g/mol. The summed E-state index contributed by atoms with van der Waals surface area (Å²) in [6, 6.07) is 8.00. The Hall–Kier alpha value is -2.22. The number of nitrogens with zero attached hydrogens (tertiary/aromatic N) is 2. The molecule has 0 spiro atoms. The van der Waals surface area contributed by atoms with E-state index in [-0.39, 0.29) is 15.6 Å². The van der Waals surface area contributed by atoms with Gasteiger partial charge >= 0.3 is 23.9 Å². The number of para-hydroxylation sites is 1. The van der Waals surface area contributed by atoms with Gasteiger partial charge in [-0.25, -0.2) is 26.6 Å². The molecule has 0 radical (unpaired) electrons. The SMILES string of the molecule is O=S(=O)([N-][n+]1cccc2ccccc21)C(F)(F)C(F)(F)OC(F)(F)C(F)F. The maximum Gasteiger partial charge on any atom is 0.438 e. The van der Waals surface area contributed by atoms with Gasteiger partial charge in [0, 0.05) is 17.5 Å². The minimum absolute atomic E-state index is 0.110. The zero-order valence-electron chi connectivity index (χ0n) is 12.7. The first-order valence-electron chi connectivity index (χ1n) is 6.70. The van der Waals surface area contributed by atoms with Gasteiger partial charge in [0.2, 0.25) is 15.5 Å². The number of benzene rings is 1. The van der Waals surface area contributed by atoms with E-state index in [9.17, 15) is 43.5 Å². The number of aromatic nitrogens is 1. The molecule has 0 fully saturated rings. The highest BCUT2D eigenvalue weighted by Crippen LogP contribution is 2.45. The zero-order valence-corrected chi connectivity index (χ0v) is 13.5. The minimum atomic E-state index is -6.56. The van der Waals surface area contributed by atoms with Crippen LogP contribution in [0.5, 0.6) is 0 Å². The summed E-state index contributed by atoms with van der Waals surface area (Å²) in [5.74, 6) is 0. The van der Waals surface area contributed by atoms with Crippen molar-refractivity contribution in [3.8, 4) is 0 Å². The van der Waals surface area contributed by atoms with Gasteiger partial charge in [0.05, 0.1) is 0 Å². The molecule has 0 bridgehead atoms. The van der Waals surface area contributed by atoms with Crippen LogP contribution < -0.4 is 4.68 Å². The van der Waals surface area contributed by atoms with Crippen LogP contribution in [-0.2, 0) is 14.8 Å². The van der Waals surface area contributed by atoms with Crippen LogP contribution in [0.25, 0.3) is 15.7 Å². The Bertz CT molecular complexity index is 931. The van der Waals surface area contributed by atoms with E-state index in [2.05, 4.69) is 9.57 Å². The number of pyridine rings is 1. The average molecular weight is 424 g/mol. The van der Waals surface area contributed by atoms with E-state index in [4.69, 9.17) is 0 Å². The molecule has 2 rings (SSSR count). The van der Waals surface area contributed by atoms with Crippen molar-refractivity contribution in [2.24, 2.45) is 0 Å². The standard InChI is InChI=1S/C13H8F8N2O3S/c14-10(15)11(16,17)26-12(18,19)13(20,21)27(24,25)22-23-7-3-5-8-4-1-2-6-9(8)23/h1-7,10H. The molecular weight excluding hydrogens is 416 g/mol. The molecule has 1 aromatic heterocycles. The fourth-order valence-corrected chi connectivity index (χ4v) is 2.63. The second kappa shape index (κ2) is 6.74. The van der Waals surface area contributed by atoms with Crippen molar-refractivity contribution >= 4 is 20.9 Å². The maximum atomic E-state index is 13.7. The molecule has 0 aliphatic rings. The van der Waals surface area contributed by atoms with Crippen LogP contribution in [-0.4, -0.2) is 32.3 Å². The van der Waals surface area contributed by atoms with Crippen LogP contribution in [0.4, 0.5) is 35.1 Å². The molecule has 14 heteroatoms.